The van der Waals surface area contributed by atoms with Gasteiger partial charge < -0.3 is 9.88 Å². The van der Waals surface area contributed by atoms with Crippen LogP contribution in [0.5, 0.6) is 0 Å². The van der Waals surface area contributed by atoms with Gasteiger partial charge in [0.15, 0.2) is 11.5 Å². The summed E-state index contributed by atoms with van der Waals surface area (Å²) in [6.45, 7) is 1.02. The Kier molecular flexibility index (Phi) is 3.07. The molecule has 1 fully saturated rings. The molecule has 0 saturated heterocycles. The third kappa shape index (κ3) is 2.14. The van der Waals surface area contributed by atoms with Crippen molar-refractivity contribution in [2.24, 2.45) is 5.92 Å². The van der Waals surface area contributed by atoms with Crippen molar-refractivity contribution in [1.82, 2.24) is 19.9 Å². The minimum atomic E-state index is 0.253. The maximum atomic E-state index is 5.94. The standard InChI is InChI=1S/C12H16ClN5/c1-18(6-8-4-2-3-5-8)11-9-10(15-7-14-9)16-12(13)17-11/h7-8H,2-6H2,1H3,(H,14,15,16,17). The molecule has 18 heavy (non-hydrogen) atoms. The fourth-order valence-electron chi connectivity index (χ4n) is 2.73. The quantitative estimate of drug-likeness (QED) is 0.867. The highest BCUT2D eigenvalue weighted by Gasteiger charge is 2.19. The second-order valence-corrected chi connectivity index (χ2v) is 5.29. The SMILES string of the molecule is CN(CC1CCCC1)c1nc(Cl)nc2nc[nH]c12. The Morgan fingerprint density at radius 3 is 2.94 bits per heavy atom. The summed E-state index contributed by atoms with van der Waals surface area (Å²) in [5, 5.41) is 0.253. The van der Waals surface area contributed by atoms with Gasteiger partial charge in [-0.05, 0) is 30.4 Å². The van der Waals surface area contributed by atoms with Crippen molar-refractivity contribution in [2.45, 2.75) is 25.7 Å². The highest BCUT2D eigenvalue weighted by atomic mass is 35.5. The molecule has 96 valence electrons. The first-order valence-corrected chi connectivity index (χ1v) is 6.69. The summed E-state index contributed by atoms with van der Waals surface area (Å²) in [5.74, 6) is 1.61. The molecule has 1 N–H and O–H groups in total. The minimum Gasteiger partial charge on any atom is -0.357 e. The van der Waals surface area contributed by atoms with Crippen molar-refractivity contribution in [3.63, 3.8) is 0 Å². The summed E-state index contributed by atoms with van der Waals surface area (Å²) in [5.41, 5.74) is 1.49. The predicted octanol–water partition coefficient (Wildman–Crippen LogP) is 2.63. The van der Waals surface area contributed by atoms with E-state index in [2.05, 4.69) is 31.9 Å². The van der Waals surface area contributed by atoms with Crippen molar-refractivity contribution in [3.8, 4) is 0 Å². The van der Waals surface area contributed by atoms with E-state index in [0.29, 0.717) is 5.65 Å². The van der Waals surface area contributed by atoms with Gasteiger partial charge in [-0.1, -0.05) is 12.8 Å². The molecule has 1 saturated carbocycles. The minimum absolute atomic E-state index is 0.253. The van der Waals surface area contributed by atoms with Gasteiger partial charge in [-0.3, -0.25) is 0 Å². The Labute approximate surface area is 111 Å². The Morgan fingerprint density at radius 1 is 1.39 bits per heavy atom. The zero-order chi connectivity index (χ0) is 12.5. The number of imidazole rings is 1. The highest BCUT2D eigenvalue weighted by molar-refractivity contribution is 6.28. The number of hydrogen-bond acceptors (Lipinski definition) is 4. The molecule has 0 amide bonds. The van der Waals surface area contributed by atoms with Crippen LogP contribution in [0.1, 0.15) is 25.7 Å². The van der Waals surface area contributed by atoms with E-state index in [9.17, 15) is 0 Å². The van der Waals surface area contributed by atoms with Crippen LogP contribution in [0.15, 0.2) is 6.33 Å². The zero-order valence-corrected chi connectivity index (χ0v) is 11.1. The van der Waals surface area contributed by atoms with Crippen LogP contribution in [0.4, 0.5) is 5.82 Å². The molecule has 0 bridgehead atoms. The normalized spacial score (nSPS) is 16.6. The van der Waals surface area contributed by atoms with Crippen LogP contribution in [0.2, 0.25) is 5.28 Å². The lowest BCUT2D eigenvalue weighted by Crippen LogP contribution is -2.25. The van der Waals surface area contributed by atoms with E-state index >= 15 is 0 Å². The Morgan fingerprint density at radius 2 is 2.17 bits per heavy atom. The maximum Gasteiger partial charge on any atom is 0.226 e. The number of nitrogens with one attached hydrogen (secondary N) is 1. The van der Waals surface area contributed by atoms with Gasteiger partial charge in [0.05, 0.1) is 6.33 Å². The molecule has 1 aliphatic rings. The van der Waals surface area contributed by atoms with Crippen LogP contribution in [-0.2, 0) is 0 Å². The largest absolute Gasteiger partial charge is 0.357 e. The summed E-state index contributed by atoms with van der Waals surface area (Å²) in [7, 11) is 2.05. The first-order chi connectivity index (χ1) is 8.74. The van der Waals surface area contributed by atoms with Crippen LogP contribution in [0.25, 0.3) is 11.2 Å². The molecule has 0 aromatic carbocycles. The lowest BCUT2D eigenvalue weighted by molar-refractivity contribution is 0.545. The van der Waals surface area contributed by atoms with E-state index in [4.69, 9.17) is 11.6 Å². The average molecular weight is 266 g/mol. The summed E-state index contributed by atoms with van der Waals surface area (Å²) in [4.78, 5) is 17.8. The summed E-state index contributed by atoms with van der Waals surface area (Å²) in [6, 6.07) is 0. The number of aromatic amines is 1. The van der Waals surface area contributed by atoms with E-state index in [1.807, 2.05) is 0 Å². The Balaban J connectivity index is 1.89. The maximum absolute atomic E-state index is 5.94. The van der Waals surface area contributed by atoms with E-state index < -0.39 is 0 Å². The number of anilines is 1. The first-order valence-electron chi connectivity index (χ1n) is 6.32. The van der Waals surface area contributed by atoms with Gasteiger partial charge in [0, 0.05) is 13.6 Å². The van der Waals surface area contributed by atoms with E-state index in [0.717, 1.165) is 23.8 Å². The van der Waals surface area contributed by atoms with Gasteiger partial charge >= 0.3 is 0 Å². The first kappa shape index (κ1) is 11.7. The van der Waals surface area contributed by atoms with Crippen LogP contribution in [0, 0.1) is 5.92 Å². The van der Waals surface area contributed by atoms with Gasteiger partial charge in [-0.25, -0.2) is 4.98 Å². The van der Waals surface area contributed by atoms with E-state index in [-0.39, 0.29) is 5.28 Å². The fraction of sp³-hybridized carbons (Fsp3) is 0.583. The summed E-state index contributed by atoms with van der Waals surface area (Å²) in [6.07, 6.45) is 6.96. The van der Waals surface area contributed by atoms with Gasteiger partial charge in [0.1, 0.15) is 5.52 Å². The van der Waals surface area contributed by atoms with Crippen molar-refractivity contribution in [3.05, 3.63) is 11.6 Å². The molecule has 2 heterocycles. The monoisotopic (exact) mass is 265 g/mol. The Hall–Kier alpha value is -1.36. The van der Waals surface area contributed by atoms with Crippen LogP contribution in [-0.4, -0.2) is 33.5 Å². The number of halogens is 1. The Bertz CT molecular complexity index is 546. The summed E-state index contributed by atoms with van der Waals surface area (Å²) < 4.78 is 0. The topological polar surface area (TPSA) is 57.7 Å². The third-order valence-corrected chi connectivity index (χ3v) is 3.78. The molecule has 0 unspecified atom stereocenters. The molecule has 2 aromatic heterocycles. The molecule has 0 aliphatic heterocycles. The van der Waals surface area contributed by atoms with Crippen LogP contribution < -0.4 is 4.90 Å². The molecule has 0 spiro atoms. The molecule has 3 rings (SSSR count). The number of nitrogens with zero attached hydrogens (tertiary/aromatic N) is 4. The van der Waals surface area contributed by atoms with E-state index in [1.165, 1.54) is 25.7 Å². The van der Waals surface area contributed by atoms with Crippen molar-refractivity contribution in [1.29, 1.82) is 0 Å². The lowest BCUT2D eigenvalue weighted by atomic mass is 10.1. The number of hydrogen-bond donors (Lipinski definition) is 1. The van der Waals surface area contributed by atoms with Crippen molar-refractivity contribution < 1.29 is 0 Å². The molecule has 2 aromatic rings. The number of H-pyrrole nitrogens is 1. The fourth-order valence-corrected chi connectivity index (χ4v) is 2.90. The molecule has 0 atom stereocenters. The van der Waals surface area contributed by atoms with Crippen LogP contribution in [0.3, 0.4) is 0 Å². The highest BCUT2D eigenvalue weighted by Crippen LogP contribution is 2.28. The molecule has 5 nitrogen and oxygen atoms in total. The third-order valence-electron chi connectivity index (χ3n) is 3.61. The molecule has 6 heteroatoms. The van der Waals surface area contributed by atoms with Crippen molar-refractivity contribution >= 4 is 28.6 Å². The van der Waals surface area contributed by atoms with E-state index in [1.54, 1.807) is 6.33 Å². The molecular formula is C12H16ClN5. The zero-order valence-electron chi connectivity index (χ0n) is 10.4. The lowest BCUT2D eigenvalue weighted by Gasteiger charge is -2.22. The van der Waals surface area contributed by atoms with Gasteiger partial charge in [-0.15, -0.1) is 0 Å². The van der Waals surface area contributed by atoms with Crippen molar-refractivity contribution in [2.75, 3.05) is 18.5 Å². The predicted molar refractivity (Wildman–Crippen MR) is 71.9 cm³/mol. The van der Waals surface area contributed by atoms with Gasteiger partial charge in [0.2, 0.25) is 5.28 Å². The second kappa shape index (κ2) is 4.72. The second-order valence-electron chi connectivity index (χ2n) is 4.95. The number of rotatable bonds is 3. The number of aromatic nitrogens is 4. The molecule has 1 aliphatic carbocycles. The van der Waals surface area contributed by atoms with Gasteiger partial charge in [0.25, 0.3) is 0 Å². The number of fused-ring (bicyclic) bond motifs is 1. The van der Waals surface area contributed by atoms with Crippen LogP contribution >= 0.6 is 11.6 Å². The molecular weight excluding hydrogens is 250 g/mol. The van der Waals surface area contributed by atoms with Gasteiger partial charge in [-0.2, -0.15) is 9.97 Å². The smallest absolute Gasteiger partial charge is 0.226 e. The summed E-state index contributed by atoms with van der Waals surface area (Å²) >= 11 is 5.94. The average Bonchev–Trinajstić information content (AvgIpc) is 2.97. The molecule has 0 radical (unpaired) electrons.